The van der Waals surface area contributed by atoms with Crippen molar-refractivity contribution in [1.29, 1.82) is 0 Å². The van der Waals surface area contributed by atoms with Gasteiger partial charge >= 0.3 is 12.1 Å². The van der Waals surface area contributed by atoms with E-state index in [4.69, 9.17) is 14.2 Å². The first kappa shape index (κ1) is 24.0. The molecule has 0 radical (unpaired) electrons. The Kier molecular flexibility index (Phi) is 8.04. The van der Waals surface area contributed by atoms with Gasteiger partial charge in [-0.3, -0.25) is 4.79 Å². The van der Waals surface area contributed by atoms with Gasteiger partial charge in [0, 0.05) is 39.3 Å². The van der Waals surface area contributed by atoms with Gasteiger partial charge < -0.3 is 24.0 Å². The quantitative estimate of drug-likeness (QED) is 0.540. The molecule has 32 heavy (non-hydrogen) atoms. The second kappa shape index (κ2) is 10.7. The number of nitrogens with zero attached hydrogens (tertiary/aromatic N) is 3. The van der Waals surface area contributed by atoms with Crippen LogP contribution in [0, 0.1) is 0 Å². The molecule has 0 N–H and O–H groups in total. The molecule has 0 bridgehead atoms. The van der Waals surface area contributed by atoms with Gasteiger partial charge in [-0.1, -0.05) is 0 Å². The smallest absolute Gasteiger partial charge is 0.409 e. The van der Waals surface area contributed by atoms with E-state index < -0.39 is 28.7 Å². The molecular weight excluding hydrogens is 442 g/mol. The number of rotatable bonds is 6. The van der Waals surface area contributed by atoms with E-state index in [0.29, 0.717) is 39.4 Å². The third kappa shape index (κ3) is 5.75. The summed E-state index contributed by atoms with van der Waals surface area (Å²) in [4.78, 5) is 39.4. The van der Waals surface area contributed by atoms with Gasteiger partial charge in [0.2, 0.25) is 10.0 Å². The molecule has 0 spiro atoms. The van der Waals surface area contributed by atoms with Crippen LogP contribution in [0.4, 0.5) is 4.79 Å². The molecule has 1 aromatic rings. The maximum absolute atomic E-state index is 12.6. The van der Waals surface area contributed by atoms with E-state index in [1.54, 1.807) is 6.92 Å². The molecule has 0 unspecified atom stereocenters. The molecular formula is C20H27N3O8S. The van der Waals surface area contributed by atoms with Crippen molar-refractivity contribution in [3.8, 4) is 0 Å². The van der Waals surface area contributed by atoms with Crippen LogP contribution in [0.15, 0.2) is 29.2 Å². The fraction of sp³-hybridized carbons (Fsp3) is 0.550. The molecule has 3 rings (SSSR count). The number of morpholine rings is 1. The van der Waals surface area contributed by atoms with Crippen LogP contribution in [0.1, 0.15) is 17.3 Å². The number of ether oxygens (including phenoxy) is 3. The fourth-order valence-corrected chi connectivity index (χ4v) is 4.76. The second-order valence-electron chi connectivity index (χ2n) is 7.18. The van der Waals surface area contributed by atoms with E-state index in [-0.39, 0.29) is 36.1 Å². The SMILES string of the molecule is CCOC(=O)N1CCN(C(=O)COC(=O)c2ccc(S(=O)(=O)N3CCOCC3)cc2)CC1. The summed E-state index contributed by atoms with van der Waals surface area (Å²) in [5.74, 6) is -1.09. The standard InChI is InChI=1S/C20H27N3O8S/c1-2-30-20(26)22-9-7-21(8-10-22)18(24)15-31-19(25)16-3-5-17(6-4-16)32(27,28)23-11-13-29-14-12-23/h3-6H,2,7-15H2,1H3. The largest absolute Gasteiger partial charge is 0.452 e. The van der Waals surface area contributed by atoms with E-state index in [2.05, 4.69) is 0 Å². The first-order valence-corrected chi connectivity index (χ1v) is 11.8. The Bertz CT molecular complexity index is 921. The van der Waals surface area contributed by atoms with Gasteiger partial charge in [0.1, 0.15) is 0 Å². The van der Waals surface area contributed by atoms with Crippen LogP contribution in [-0.4, -0.2) is 106 Å². The third-order valence-electron chi connectivity index (χ3n) is 5.18. The number of benzene rings is 1. The summed E-state index contributed by atoms with van der Waals surface area (Å²) in [6.07, 6.45) is -0.412. The van der Waals surface area contributed by atoms with Crippen LogP contribution < -0.4 is 0 Å². The Morgan fingerprint density at radius 3 is 2.09 bits per heavy atom. The first-order chi connectivity index (χ1) is 15.3. The molecule has 0 atom stereocenters. The zero-order valence-electron chi connectivity index (χ0n) is 17.9. The normalized spacial score (nSPS) is 17.7. The summed E-state index contributed by atoms with van der Waals surface area (Å²) in [5.41, 5.74) is 0.144. The van der Waals surface area contributed by atoms with Crippen molar-refractivity contribution < 1.29 is 37.0 Å². The van der Waals surface area contributed by atoms with Gasteiger partial charge in [-0.05, 0) is 31.2 Å². The van der Waals surface area contributed by atoms with Crippen molar-refractivity contribution in [3.05, 3.63) is 29.8 Å². The molecule has 0 saturated carbocycles. The summed E-state index contributed by atoms with van der Waals surface area (Å²) in [7, 11) is -3.66. The Labute approximate surface area is 186 Å². The molecule has 2 saturated heterocycles. The topological polar surface area (TPSA) is 123 Å². The summed E-state index contributed by atoms with van der Waals surface area (Å²) >= 11 is 0. The number of amides is 2. The molecule has 0 aliphatic carbocycles. The predicted octanol–water partition coefficient (Wildman–Crippen LogP) is 0.165. The van der Waals surface area contributed by atoms with Crippen LogP contribution >= 0.6 is 0 Å². The van der Waals surface area contributed by atoms with Crippen molar-refractivity contribution in [2.45, 2.75) is 11.8 Å². The van der Waals surface area contributed by atoms with Gasteiger partial charge in [-0.15, -0.1) is 0 Å². The highest BCUT2D eigenvalue weighted by Gasteiger charge is 2.27. The van der Waals surface area contributed by atoms with Gasteiger partial charge in [0.05, 0.1) is 30.3 Å². The van der Waals surface area contributed by atoms with Crippen LogP contribution in [-0.2, 0) is 29.0 Å². The first-order valence-electron chi connectivity index (χ1n) is 10.4. The minimum atomic E-state index is -3.66. The lowest BCUT2D eigenvalue weighted by Crippen LogP contribution is -2.51. The van der Waals surface area contributed by atoms with Crippen molar-refractivity contribution in [2.24, 2.45) is 0 Å². The van der Waals surface area contributed by atoms with Gasteiger partial charge in [-0.25, -0.2) is 18.0 Å². The van der Waals surface area contributed by atoms with Crippen molar-refractivity contribution in [3.63, 3.8) is 0 Å². The van der Waals surface area contributed by atoms with Crippen molar-refractivity contribution in [2.75, 3.05) is 65.7 Å². The summed E-state index contributed by atoms with van der Waals surface area (Å²) in [6, 6.07) is 5.41. The summed E-state index contributed by atoms with van der Waals surface area (Å²) in [5, 5.41) is 0. The molecule has 2 fully saturated rings. The second-order valence-corrected chi connectivity index (χ2v) is 9.12. The van der Waals surface area contributed by atoms with Gasteiger partial charge in [0.25, 0.3) is 5.91 Å². The number of sulfonamides is 1. The summed E-state index contributed by atoms with van der Waals surface area (Å²) < 4.78 is 41.8. The van der Waals surface area contributed by atoms with Crippen LogP contribution in [0.2, 0.25) is 0 Å². The molecule has 11 nitrogen and oxygen atoms in total. The van der Waals surface area contributed by atoms with Crippen molar-refractivity contribution >= 4 is 28.0 Å². The molecule has 2 aliphatic rings. The number of carbonyl (C=O) groups excluding carboxylic acids is 3. The Balaban J connectivity index is 1.49. The number of piperazine rings is 1. The fourth-order valence-electron chi connectivity index (χ4n) is 3.35. The third-order valence-corrected chi connectivity index (χ3v) is 7.10. The predicted molar refractivity (Wildman–Crippen MR) is 111 cm³/mol. The lowest BCUT2D eigenvalue weighted by Gasteiger charge is -2.33. The van der Waals surface area contributed by atoms with Gasteiger partial charge in [0.15, 0.2) is 6.61 Å². The average Bonchev–Trinajstić information content (AvgIpc) is 2.83. The molecule has 176 valence electrons. The molecule has 2 aliphatic heterocycles. The Hall–Kier alpha value is -2.70. The van der Waals surface area contributed by atoms with Crippen LogP contribution in [0.25, 0.3) is 0 Å². The molecule has 0 aromatic heterocycles. The zero-order chi connectivity index (χ0) is 23.1. The molecule has 1 aromatic carbocycles. The highest BCUT2D eigenvalue weighted by atomic mass is 32.2. The monoisotopic (exact) mass is 469 g/mol. The summed E-state index contributed by atoms with van der Waals surface area (Å²) in [6.45, 7) is 4.15. The highest BCUT2D eigenvalue weighted by molar-refractivity contribution is 7.89. The maximum atomic E-state index is 12.6. The van der Waals surface area contributed by atoms with Crippen LogP contribution in [0.3, 0.4) is 0 Å². The average molecular weight is 470 g/mol. The van der Waals surface area contributed by atoms with E-state index >= 15 is 0 Å². The van der Waals surface area contributed by atoms with E-state index in [1.807, 2.05) is 0 Å². The Morgan fingerprint density at radius 2 is 1.50 bits per heavy atom. The van der Waals surface area contributed by atoms with E-state index in [0.717, 1.165) is 0 Å². The number of esters is 1. The number of carbonyl (C=O) groups is 3. The minimum Gasteiger partial charge on any atom is -0.452 e. The lowest BCUT2D eigenvalue weighted by atomic mass is 10.2. The highest BCUT2D eigenvalue weighted by Crippen LogP contribution is 2.18. The minimum absolute atomic E-state index is 0.0755. The molecule has 12 heteroatoms. The maximum Gasteiger partial charge on any atom is 0.409 e. The lowest BCUT2D eigenvalue weighted by molar-refractivity contribution is -0.136. The number of hydrogen-bond acceptors (Lipinski definition) is 8. The van der Waals surface area contributed by atoms with E-state index in [9.17, 15) is 22.8 Å². The number of hydrogen-bond donors (Lipinski definition) is 0. The Morgan fingerprint density at radius 1 is 0.906 bits per heavy atom. The molecule has 2 heterocycles. The van der Waals surface area contributed by atoms with E-state index in [1.165, 1.54) is 38.4 Å². The van der Waals surface area contributed by atoms with Gasteiger partial charge in [-0.2, -0.15) is 4.31 Å². The molecule has 2 amide bonds. The zero-order valence-corrected chi connectivity index (χ0v) is 18.7. The van der Waals surface area contributed by atoms with Crippen molar-refractivity contribution in [1.82, 2.24) is 14.1 Å². The van der Waals surface area contributed by atoms with Crippen LogP contribution in [0.5, 0.6) is 0 Å².